The molecule has 0 aliphatic carbocycles. The number of hydrogen-bond donors (Lipinski definition) is 2. The average Bonchev–Trinajstić information content (AvgIpc) is 3.54. The van der Waals surface area contributed by atoms with Crippen LogP contribution in [0, 0.1) is 0 Å². The molecule has 3 N–H and O–H groups in total. The Morgan fingerprint density at radius 3 is 2.45 bits per heavy atom. The van der Waals surface area contributed by atoms with Gasteiger partial charge < -0.3 is 53.5 Å². The van der Waals surface area contributed by atoms with Crippen molar-refractivity contribution in [1.82, 2.24) is 9.13 Å². The molecule has 0 radical (unpaired) electrons. The Labute approximate surface area is 268 Å². The van der Waals surface area contributed by atoms with Crippen LogP contribution in [0.15, 0.2) is 58.0 Å². The smallest absolute Gasteiger partial charge is 0.373 e. The molecule has 0 unspecified atom stereocenters. The maximum atomic E-state index is 13.5. The third-order valence-corrected chi connectivity index (χ3v) is 7.78. The number of amides is 1. The number of esters is 1. The molecule has 0 saturated carbocycles. The van der Waals surface area contributed by atoms with Gasteiger partial charge in [-0.3, -0.25) is 14.2 Å². The zero-order valence-corrected chi connectivity index (χ0v) is 26.3. The minimum atomic E-state index is -1.66. The summed E-state index contributed by atoms with van der Waals surface area (Å²) in [5, 5.41) is 11.2. The molecule has 1 aromatic heterocycles. The Morgan fingerprint density at radius 1 is 1.09 bits per heavy atom. The van der Waals surface area contributed by atoms with Gasteiger partial charge in [-0.2, -0.15) is 0 Å². The molecule has 2 aromatic rings. The third kappa shape index (κ3) is 7.10. The van der Waals surface area contributed by atoms with Crippen molar-refractivity contribution in [2.45, 2.75) is 82.1 Å². The van der Waals surface area contributed by atoms with E-state index in [2.05, 4.69) is 0 Å². The predicted octanol–water partition coefficient (Wildman–Crippen LogP) is -0.730. The van der Waals surface area contributed by atoms with E-state index in [-0.39, 0.29) is 12.4 Å². The van der Waals surface area contributed by atoms with Crippen molar-refractivity contribution in [2.24, 2.45) is 5.73 Å². The van der Waals surface area contributed by atoms with Crippen molar-refractivity contribution < 1.29 is 57.3 Å². The van der Waals surface area contributed by atoms with Crippen LogP contribution in [0.3, 0.4) is 0 Å². The molecule has 17 heteroatoms. The van der Waals surface area contributed by atoms with Gasteiger partial charge in [0.05, 0.1) is 20.8 Å². The van der Waals surface area contributed by atoms with Gasteiger partial charge >= 0.3 is 11.7 Å². The highest BCUT2D eigenvalue weighted by Gasteiger charge is 2.55. The van der Waals surface area contributed by atoms with Crippen molar-refractivity contribution >= 4 is 11.9 Å². The third-order valence-electron chi connectivity index (χ3n) is 7.78. The molecule has 5 rings (SSSR count). The summed E-state index contributed by atoms with van der Waals surface area (Å²) in [6.07, 6.45) is -8.01. The van der Waals surface area contributed by atoms with Crippen molar-refractivity contribution in [1.29, 1.82) is 0 Å². The van der Waals surface area contributed by atoms with Gasteiger partial charge in [0, 0.05) is 19.4 Å². The van der Waals surface area contributed by atoms with Crippen LogP contribution < -0.4 is 21.7 Å². The Kier molecular flexibility index (Phi) is 10.2. The van der Waals surface area contributed by atoms with E-state index in [9.17, 15) is 24.3 Å². The fourth-order valence-electron chi connectivity index (χ4n) is 5.55. The zero-order valence-electron chi connectivity index (χ0n) is 26.3. The maximum Gasteiger partial charge on any atom is 0.373 e. The number of nitrogens with zero attached hydrogens (tertiary/aromatic N) is 2. The fourth-order valence-corrected chi connectivity index (χ4v) is 5.55. The average molecular weight is 664 g/mol. The quantitative estimate of drug-likeness (QED) is 0.269. The number of carbonyl (C=O) groups is 2. The lowest BCUT2D eigenvalue weighted by Crippen LogP contribution is -2.53. The van der Waals surface area contributed by atoms with Crippen molar-refractivity contribution in [2.75, 3.05) is 21.3 Å². The van der Waals surface area contributed by atoms with Crippen LogP contribution in [-0.2, 0) is 60.8 Å². The molecule has 0 bridgehead atoms. The highest BCUT2D eigenvalue weighted by atomic mass is 16.8. The Morgan fingerprint density at radius 2 is 1.81 bits per heavy atom. The summed E-state index contributed by atoms with van der Waals surface area (Å²) in [5.74, 6) is -2.56. The number of methoxy groups -OCH3 is 3. The lowest BCUT2D eigenvalue weighted by Gasteiger charge is -2.34. The number of aliphatic hydroxyl groups is 1. The molecular formula is C30H37N3O14. The first kappa shape index (κ1) is 34.2. The van der Waals surface area contributed by atoms with Gasteiger partial charge in [0.25, 0.3) is 5.56 Å². The van der Waals surface area contributed by atoms with E-state index in [1.807, 2.05) is 0 Å². The summed E-state index contributed by atoms with van der Waals surface area (Å²) >= 11 is 0. The molecule has 8 atom stereocenters. The summed E-state index contributed by atoms with van der Waals surface area (Å²) in [7, 11) is 3.95. The summed E-state index contributed by atoms with van der Waals surface area (Å²) in [5.41, 5.74) is 4.98. The van der Waals surface area contributed by atoms with Gasteiger partial charge in [-0.25, -0.2) is 14.2 Å². The van der Waals surface area contributed by atoms with Crippen LogP contribution in [0.25, 0.3) is 0 Å². The number of aromatic nitrogens is 2. The molecule has 0 spiro atoms. The Hall–Kier alpha value is -4.10. The van der Waals surface area contributed by atoms with Gasteiger partial charge in [-0.05, 0) is 37.6 Å². The van der Waals surface area contributed by atoms with Crippen LogP contribution in [-0.4, -0.2) is 96.1 Å². The highest BCUT2D eigenvalue weighted by molar-refractivity contribution is 5.86. The highest BCUT2D eigenvalue weighted by Crippen LogP contribution is 2.39. The van der Waals surface area contributed by atoms with E-state index >= 15 is 0 Å². The minimum Gasteiger partial charge on any atom is -0.497 e. The fraction of sp³-hybridized carbons (Fsp3) is 0.533. The van der Waals surface area contributed by atoms with Crippen LogP contribution in [0.1, 0.15) is 25.6 Å². The number of nitrogens with two attached hydrogens (primary N) is 1. The molecule has 2 saturated heterocycles. The number of carbonyl (C=O) groups excluding carboxylic acids is 2. The first-order valence-electron chi connectivity index (χ1n) is 14.5. The van der Waals surface area contributed by atoms with Gasteiger partial charge in [0.1, 0.15) is 36.9 Å². The van der Waals surface area contributed by atoms with Gasteiger partial charge in [0.2, 0.25) is 18.0 Å². The number of aliphatic hydroxyl groups excluding tert-OH is 1. The molecule has 3 aliphatic heterocycles. The predicted molar refractivity (Wildman–Crippen MR) is 156 cm³/mol. The molecule has 1 amide bonds. The van der Waals surface area contributed by atoms with E-state index in [0.717, 1.165) is 34.1 Å². The molecule has 47 heavy (non-hydrogen) atoms. The SMILES string of the molecule is COC(=O)C1=C[C@@H]2OC(C)(C)O[C@@H]2[C@@H](O[C@@H](C(N)=O)[C@H]2O[C@@H](n3ccc(=O)n(COCc4ccc(OC)cc4)c3=O)[C@H](O)[C@@H]2OC)O1. The molecule has 4 heterocycles. The van der Waals surface area contributed by atoms with Gasteiger partial charge in [0.15, 0.2) is 24.2 Å². The van der Waals surface area contributed by atoms with Crippen LogP contribution in [0.2, 0.25) is 0 Å². The molecule has 1 aromatic carbocycles. The maximum absolute atomic E-state index is 13.5. The minimum absolute atomic E-state index is 0.0860. The Balaban J connectivity index is 1.36. The van der Waals surface area contributed by atoms with Crippen LogP contribution in [0.5, 0.6) is 5.75 Å². The van der Waals surface area contributed by atoms with Gasteiger partial charge in [-0.1, -0.05) is 12.1 Å². The summed E-state index contributed by atoms with van der Waals surface area (Å²) in [6.45, 7) is 2.96. The number of benzene rings is 1. The first-order valence-corrected chi connectivity index (χ1v) is 14.5. The first-order chi connectivity index (χ1) is 22.4. The molecule has 3 aliphatic rings. The summed E-state index contributed by atoms with van der Waals surface area (Å²) in [4.78, 5) is 51.2. The molecular weight excluding hydrogens is 626 g/mol. The largest absolute Gasteiger partial charge is 0.497 e. The standard InChI is InChI=1S/C30H37N3O14/c1-30(2)46-17-12-18(27(37)41-5)43-28(21(17)47-30)45-24(25(31)36)23-22(40-4)20(35)26(44-23)32-11-10-19(34)33(29(32)38)14-42-13-15-6-8-16(39-3)9-7-15/h6-12,17,20-24,26,28,35H,13-14H2,1-5H3,(H2,31,36)/t17-,20+,21-,22-,23-,24+,26+,28+/m0/s1. The number of hydrogen-bond acceptors (Lipinski definition) is 14. The van der Waals surface area contributed by atoms with E-state index < -0.39 is 84.8 Å². The zero-order chi connectivity index (χ0) is 34.0. The van der Waals surface area contributed by atoms with Crippen LogP contribution in [0.4, 0.5) is 0 Å². The molecule has 256 valence electrons. The lowest BCUT2D eigenvalue weighted by atomic mass is 10.0. The van der Waals surface area contributed by atoms with E-state index in [0.29, 0.717) is 5.75 Å². The number of ether oxygens (including phenoxy) is 9. The summed E-state index contributed by atoms with van der Waals surface area (Å²) in [6, 6.07) is 8.13. The normalized spacial score (nSPS) is 28.6. The number of primary amides is 1. The second-order valence-electron chi connectivity index (χ2n) is 11.3. The van der Waals surface area contributed by atoms with E-state index in [1.165, 1.54) is 13.2 Å². The van der Waals surface area contributed by atoms with E-state index in [4.69, 9.17) is 48.4 Å². The second-order valence-corrected chi connectivity index (χ2v) is 11.3. The van der Waals surface area contributed by atoms with Gasteiger partial charge in [-0.15, -0.1) is 0 Å². The molecule has 2 fully saturated rings. The molecule has 17 nitrogen and oxygen atoms in total. The monoisotopic (exact) mass is 663 g/mol. The lowest BCUT2D eigenvalue weighted by molar-refractivity contribution is -0.242. The van der Waals surface area contributed by atoms with Crippen molar-refractivity contribution in [3.05, 3.63) is 74.8 Å². The number of rotatable bonds is 12. The van der Waals surface area contributed by atoms with E-state index in [1.54, 1.807) is 45.2 Å². The topological polar surface area (TPSA) is 207 Å². The Bertz CT molecular complexity index is 1600. The second kappa shape index (κ2) is 13.9. The van der Waals surface area contributed by atoms with Crippen molar-refractivity contribution in [3.63, 3.8) is 0 Å². The number of fused-ring (bicyclic) bond motifs is 1. The summed E-state index contributed by atoms with van der Waals surface area (Å²) < 4.78 is 52.2. The van der Waals surface area contributed by atoms with Crippen molar-refractivity contribution in [3.8, 4) is 5.75 Å². The van der Waals surface area contributed by atoms with Crippen LogP contribution >= 0.6 is 0 Å².